The van der Waals surface area contributed by atoms with E-state index in [2.05, 4.69) is 10.2 Å². The van der Waals surface area contributed by atoms with Crippen LogP contribution >= 0.6 is 0 Å². The maximum atomic E-state index is 12.0. The standard InChI is InChI=1S/C14H25N3O4/c18-13(19)11-21-12-3-8-17(9-4-12)14(20)15-5-10-16-6-1-2-7-16/h12H,1-11H2,(H,15,20)(H,18,19). The van der Waals surface area contributed by atoms with Crippen LogP contribution in [0.5, 0.6) is 0 Å². The smallest absolute Gasteiger partial charge is 0.329 e. The first-order valence-electron chi connectivity index (χ1n) is 7.73. The highest BCUT2D eigenvalue weighted by atomic mass is 16.5. The van der Waals surface area contributed by atoms with Gasteiger partial charge in [-0.15, -0.1) is 0 Å². The lowest BCUT2D eigenvalue weighted by atomic mass is 10.1. The molecule has 2 aliphatic heterocycles. The van der Waals surface area contributed by atoms with Gasteiger partial charge in [0.2, 0.25) is 0 Å². The van der Waals surface area contributed by atoms with E-state index in [-0.39, 0.29) is 18.7 Å². The van der Waals surface area contributed by atoms with Crippen LogP contribution in [0.1, 0.15) is 25.7 Å². The van der Waals surface area contributed by atoms with Crippen LogP contribution in [0.4, 0.5) is 4.79 Å². The molecule has 2 N–H and O–H groups in total. The molecule has 2 heterocycles. The Morgan fingerprint density at radius 2 is 1.81 bits per heavy atom. The quantitative estimate of drug-likeness (QED) is 0.740. The van der Waals surface area contributed by atoms with E-state index in [4.69, 9.17) is 9.84 Å². The Kier molecular flexibility index (Phi) is 6.25. The number of hydrogen-bond donors (Lipinski definition) is 2. The Morgan fingerprint density at radius 1 is 1.14 bits per heavy atom. The number of carbonyl (C=O) groups is 2. The number of aliphatic carboxylic acids is 1. The third kappa shape index (κ3) is 5.51. The van der Waals surface area contributed by atoms with Crippen LogP contribution in [0.2, 0.25) is 0 Å². The molecule has 7 nitrogen and oxygen atoms in total. The molecule has 2 fully saturated rings. The van der Waals surface area contributed by atoms with Crippen molar-refractivity contribution < 1.29 is 19.4 Å². The van der Waals surface area contributed by atoms with Gasteiger partial charge >= 0.3 is 12.0 Å². The zero-order chi connectivity index (χ0) is 15.1. The number of amides is 2. The predicted molar refractivity (Wildman–Crippen MR) is 77.3 cm³/mol. The van der Waals surface area contributed by atoms with Crippen molar-refractivity contribution in [2.45, 2.75) is 31.8 Å². The van der Waals surface area contributed by atoms with E-state index in [1.165, 1.54) is 12.8 Å². The summed E-state index contributed by atoms with van der Waals surface area (Å²) in [6.45, 7) is 4.88. The molecule has 0 aromatic carbocycles. The summed E-state index contributed by atoms with van der Waals surface area (Å²) in [5.41, 5.74) is 0. The number of carboxylic acid groups (broad SMARTS) is 1. The first-order valence-corrected chi connectivity index (χ1v) is 7.73. The van der Waals surface area contributed by atoms with Crippen LogP contribution in [-0.4, -0.2) is 78.9 Å². The van der Waals surface area contributed by atoms with Gasteiger partial charge in [-0.1, -0.05) is 0 Å². The summed E-state index contributed by atoms with van der Waals surface area (Å²) in [7, 11) is 0. The lowest BCUT2D eigenvalue weighted by Crippen LogP contribution is -2.47. The molecular formula is C14H25N3O4. The summed E-state index contributed by atoms with van der Waals surface area (Å²) in [6, 6.07) is -0.0223. The van der Waals surface area contributed by atoms with Crippen molar-refractivity contribution in [3.63, 3.8) is 0 Å². The zero-order valence-corrected chi connectivity index (χ0v) is 12.4. The van der Waals surface area contributed by atoms with Crippen molar-refractivity contribution in [3.05, 3.63) is 0 Å². The normalized spacial score (nSPS) is 20.7. The highest BCUT2D eigenvalue weighted by molar-refractivity contribution is 5.74. The number of rotatable bonds is 6. The molecule has 0 aromatic rings. The molecule has 0 spiro atoms. The van der Waals surface area contributed by atoms with Gasteiger partial charge in [0.15, 0.2) is 0 Å². The molecule has 0 unspecified atom stereocenters. The summed E-state index contributed by atoms with van der Waals surface area (Å²) in [4.78, 5) is 26.6. The second-order valence-corrected chi connectivity index (χ2v) is 5.67. The third-order valence-electron chi connectivity index (χ3n) is 4.07. The number of nitrogens with zero attached hydrogens (tertiary/aromatic N) is 2. The summed E-state index contributed by atoms with van der Waals surface area (Å²) >= 11 is 0. The average molecular weight is 299 g/mol. The van der Waals surface area contributed by atoms with Gasteiger partial charge in [0.25, 0.3) is 0 Å². The van der Waals surface area contributed by atoms with Gasteiger partial charge in [0.1, 0.15) is 6.61 Å². The van der Waals surface area contributed by atoms with E-state index < -0.39 is 5.97 Å². The van der Waals surface area contributed by atoms with Crippen molar-refractivity contribution >= 4 is 12.0 Å². The minimum atomic E-state index is -0.947. The molecule has 2 amide bonds. The molecule has 0 radical (unpaired) electrons. The van der Waals surface area contributed by atoms with Gasteiger partial charge in [-0.25, -0.2) is 9.59 Å². The Hall–Kier alpha value is -1.34. The highest BCUT2D eigenvalue weighted by Gasteiger charge is 2.23. The van der Waals surface area contributed by atoms with Crippen molar-refractivity contribution in [2.24, 2.45) is 0 Å². The number of urea groups is 1. The van der Waals surface area contributed by atoms with Gasteiger partial charge in [-0.3, -0.25) is 0 Å². The summed E-state index contributed by atoms with van der Waals surface area (Å²) < 4.78 is 5.26. The molecule has 0 aromatic heterocycles. The third-order valence-corrected chi connectivity index (χ3v) is 4.07. The Balaban J connectivity index is 1.57. The molecule has 21 heavy (non-hydrogen) atoms. The van der Waals surface area contributed by atoms with Crippen LogP contribution in [-0.2, 0) is 9.53 Å². The van der Waals surface area contributed by atoms with Gasteiger partial charge < -0.3 is 25.0 Å². The number of hydrogen-bond acceptors (Lipinski definition) is 4. The fourth-order valence-electron chi connectivity index (χ4n) is 2.85. The second-order valence-electron chi connectivity index (χ2n) is 5.67. The van der Waals surface area contributed by atoms with E-state index in [1.807, 2.05) is 0 Å². The van der Waals surface area contributed by atoms with E-state index in [0.29, 0.717) is 32.5 Å². The number of likely N-dealkylation sites (tertiary alicyclic amines) is 2. The second kappa shape index (κ2) is 8.19. The van der Waals surface area contributed by atoms with Gasteiger partial charge in [-0.05, 0) is 38.8 Å². The fraction of sp³-hybridized carbons (Fsp3) is 0.857. The number of ether oxygens (including phenoxy) is 1. The monoisotopic (exact) mass is 299 g/mol. The molecule has 0 saturated carbocycles. The average Bonchev–Trinajstić information content (AvgIpc) is 2.99. The maximum absolute atomic E-state index is 12.0. The summed E-state index contributed by atoms with van der Waals surface area (Å²) in [5.74, 6) is -0.947. The molecular weight excluding hydrogens is 274 g/mol. The van der Waals surface area contributed by atoms with Crippen molar-refractivity contribution in [2.75, 3.05) is 45.9 Å². The van der Waals surface area contributed by atoms with E-state index in [9.17, 15) is 9.59 Å². The van der Waals surface area contributed by atoms with Crippen LogP contribution in [0.25, 0.3) is 0 Å². The van der Waals surface area contributed by atoms with Crippen molar-refractivity contribution in [3.8, 4) is 0 Å². The number of carbonyl (C=O) groups excluding carboxylic acids is 1. The molecule has 120 valence electrons. The van der Waals surface area contributed by atoms with Gasteiger partial charge in [0.05, 0.1) is 6.10 Å². The van der Waals surface area contributed by atoms with Crippen molar-refractivity contribution in [1.82, 2.24) is 15.1 Å². The minimum absolute atomic E-state index is 0.0223. The molecule has 2 rings (SSSR count). The number of piperidine rings is 1. The lowest BCUT2D eigenvalue weighted by molar-refractivity contribution is -0.145. The first kappa shape index (κ1) is 16.0. The molecule has 0 atom stereocenters. The van der Waals surface area contributed by atoms with Gasteiger partial charge in [0, 0.05) is 26.2 Å². The summed E-state index contributed by atoms with van der Waals surface area (Å²) in [5, 5.41) is 11.5. The number of nitrogens with one attached hydrogen (secondary N) is 1. The van der Waals surface area contributed by atoms with E-state index in [1.54, 1.807) is 4.90 Å². The zero-order valence-electron chi connectivity index (χ0n) is 12.4. The van der Waals surface area contributed by atoms with Crippen LogP contribution in [0, 0.1) is 0 Å². The molecule has 2 aliphatic rings. The highest BCUT2D eigenvalue weighted by Crippen LogP contribution is 2.13. The molecule has 2 saturated heterocycles. The topological polar surface area (TPSA) is 82.1 Å². The van der Waals surface area contributed by atoms with Crippen LogP contribution in [0.15, 0.2) is 0 Å². The van der Waals surface area contributed by atoms with Crippen LogP contribution in [0.3, 0.4) is 0 Å². The Bertz CT molecular complexity index is 350. The van der Waals surface area contributed by atoms with Gasteiger partial charge in [-0.2, -0.15) is 0 Å². The Labute approximate surface area is 125 Å². The molecule has 0 bridgehead atoms. The Morgan fingerprint density at radius 3 is 2.43 bits per heavy atom. The predicted octanol–water partition coefficient (Wildman–Crippen LogP) is 0.357. The fourth-order valence-corrected chi connectivity index (χ4v) is 2.85. The summed E-state index contributed by atoms with van der Waals surface area (Å²) in [6.07, 6.45) is 3.88. The first-order chi connectivity index (χ1) is 10.1. The maximum Gasteiger partial charge on any atom is 0.329 e. The largest absolute Gasteiger partial charge is 0.480 e. The number of carboxylic acids is 1. The minimum Gasteiger partial charge on any atom is -0.480 e. The van der Waals surface area contributed by atoms with Crippen molar-refractivity contribution in [1.29, 1.82) is 0 Å². The molecule has 7 heteroatoms. The van der Waals surface area contributed by atoms with E-state index in [0.717, 1.165) is 19.6 Å². The van der Waals surface area contributed by atoms with E-state index >= 15 is 0 Å². The molecule has 0 aliphatic carbocycles. The lowest BCUT2D eigenvalue weighted by Gasteiger charge is -2.31. The SMILES string of the molecule is O=C(O)COC1CCN(C(=O)NCCN2CCCC2)CC1. The van der Waals surface area contributed by atoms with Crippen LogP contribution < -0.4 is 5.32 Å².